The Balaban J connectivity index is 2.25. The van der Waals surface area contributed by atoms with Gasteiger partial charge in [-0.15, -0.1) is 11.8 Å². The first-order valence-electron chi connectivity index (χ1n) is 6.49. The number of anilines is 1. The Hall–Kier alpha value is -2.02. The highest BCUT2D eigenvalue weighted by molar-refractivity contribution is 8.00. The van der Waals surface area contributed by atoms with Gasteiger partial charge < -0.3 is 14.8 Å². The zero-order valence-electron chi connectivity index (χ0n) is 11.8. The summed E-state index contributed by atoms with van der Waals surface area (Å²) in [6.07, 6.45) is 0. The van der Waals surface area contributed by atoms with E-state index in [1.165, 1.54) is 11.8 Å². The summed E-state index contributed by atoms with van der Waals surface area (Å²) < 4.78 is 0. The Morgan fingerprint density at radius 1 is 1.52 bits per heavy atom. The second-order valence-corrected chi connectivity index (χ2v) is 5.47. The number of amides is 1. The lowest BCUT2D eigenvalue weighted by atomic mass is 10.1. The van der Waals surface area contributed by atoms with Crippen molar-refractivity contribution in [3.63, 3.8) is 0 Å². The molecule has 1 aliphatic rings. The average Bonchev–Trinajstić information content (AvgIpc) is 2.46. The molecule has 1 aromatic carbocycles. The predicted molar refractivity (Wildman–Crippen MR) is 81.0 cm³/mol. The van der Waals surface area contributed by atoms with E-state index in [4.69, 9.17) is 9.94 Å². The molecule has 0 aromatic heterocycles. The maximum atomic E-state index is 11.9. The summed E-state index contributed by atoms with van der Waals surface area (Å²) in [4.78, 5) is 29.8. The highest BCUT2D eigenvalue weighted by atomic mass is 32.2. The summed E-state index contributed by atoms with van der Waals surface area (Å²) in [5.41, 5.74) is 2.23. The van der Waals surface area contributed by atoms with E-state index in [0.29, 0.717) is 18.0 Å². The van der Waals surface area contributed by atoms with Crippen LogP contribution in [0.4, 0.5) is 5.69 Å². The van der Waals surface area contributed by atoms with Gasteiger partial charge in [0.1, 0.15) is 0 Å². The van der Waals surface area contributed by atoms with Crippen LogP contribution in [-0.2, 0) is 14.4 Å². The highest BCUT2D eigenvalue weighted by Gasteiger charge is 2.23. The lowest BCUT2D eigenvalue weighted by Crippen LogP contribution is -2.35. The summed E-state index contributed by atoms with van der Waals surface area (Å²) in [6, 6.07) is 5.71. The number of thioether (sulfide) groups is 1. The van der Waals surface area contributed by atoms with Crippen LogP contribution >= 0.6 is 11.8 Å². The number of carboxylic acids is 1. The van der Waals surface area contributed by atoms with E-state index >= 15 is 0 Å². The molecule has 0 unspecified atom stereocenters. The minimum absolute atomic E-state index is 0.0869. The van der Waals surface area contributed by atoms with Crippen molar-refractivity contribution in [2.24, 2.45) is 5.16 Å². The molecule has 1 aromatic rings. The SMILES string of the molecule is CCN1C(=O)CSc2ccc(/C(C)=N/OCC(=O)O)cc21. The number of carboxylic acid groups (broad SMARTS) is 1. The molecule has 0 bridgehead atoms. The van der Waals surface area contributed by atoms with Crippen LogP contribution < -0.4 is 4.90 Å². The molecule has 0 aliphatic carbocycles. The van der Waals surface area contributed by atoms with Crippen LogP contribution in [0.2, 0.25) is 0 Å². The fraction of sp³-hybridized carbons (Fsp3) is 0.357. The lowest BCUT2D eigenvalue weighted by Gasteiger charge is -2.28. The molecule has 1 N–H and O–H groups in total. The third-order valence-corrected chi connectivity index (χ3v) is 4.07. The molecule has 6 nitrogen and oxygen atoms in total. The first-order valence-corrected chi connectivity index (χ1v) is 7.47. The van der Waals surface area contributed by atoms with Gasteiger partial charge in [-0.05, 0) is 26.0 Å². The van der Waals surface area contributed by atoms with Crippen molar-refractivity contribution in [2.75, 3.05) is 23.8 Å². The molecular formula is C14H16N2O4S. The Bertz CT molecular complexity index is 601. The van der Waals surface area contributed by atoms with E-state index in [-0.39, 0.29) is 5.91 Å². The van der Waals surface area contributed by atoms with Gasteiger partial charge in [0.15, 0.2) is 0 Å². The van der Waals surface area contributed by atoms with Crippen LogP contribution in [0.25, 0.3) is 0 Å². The van der Waals surface area contributed by atoms with Crippen LogP contribution in [0, 0.1) is 0 Å². The quantitative estimate of drug-likeness (QED) is 0.664. The third kappa shape index (κ3) is 3.55. The number of aliphatic carboxylic acids is 1. The van der Waals surface area contributed by atoms with Crippen molar-refractivity contribution < 1.29 is 19.5 Å². The van der Waals surface area contributed by atoms with Crippen molar-refractivity contribution >= 4 is 35.0 Å². The van der Waals surface area contributed by atoms with Gasteiger partial charge in [-0.2, -0.15) is 0 Å². The van der Waals surface area contributed by atoms with E-state index < -0.39 is 12.6 Å². The van der Waals surface area contributed by atoms with Gasteiger partial charge >= 0.3 is 5.97 Å². The summed E-state index contributed by atoms with van der Waals surface area (Å²) in [5, 5.41) is 12.3. The standard InChI is InChI=1S/C14H16N2O4S/c1-3-16-11-6-10(9(2)15-20-7-14(18)19)4-5-12(11)21-8-13(16)17/h4-6H,3,7-8H2,1-2H3,(H,18,19)/b15-9+. The molecule has 7 heteroatoms. The van der Waals surface area contributed by atoms with Crippen LogP contribution in [0.15, 0.2) is 28.3 Å². The van der Waals surface area contributed by atoms with Crippen molar-refractivity contribution in [2.45, 2.75) is 18.7 Å². The molecule has 0 atom stereocenters. The van der Waals surface area contributed by atoms with Crippen LogP contribution in [0.5, 0.6) is 0 Å². The summed E-state index contributed by atoms with van der Waals surface area (Å²) >= 11 is 1.52. The van der Waals surface area contributed by atoms with Gasteiger partial charge in [-0.3, -0.25) is 4.79 Å². The fourth-order valence-corrected chi connectivity index (χ4v) is 2.93. The number of carbonyl (C=O) groups excluding carboxylic acids is 1. The smallest absolute Gasteiger partial charge is 0.344 e. The van der Waals surface area contributed by atoms with E-state index in [0.717, 1.165) is 16.1 Å². The van der Waals surface area contributed by atoms with Crippen LogP contribution in [0.1, 0.15) is 19.4 Å². The van der Waals surface area contributed by atoms with E-state index in [2.05, 4.69) is 5.16 Å². The minimum Gasteiger partial charge on any atom is -0.479 e. The number of benzene rings is 1. The maximum absolute atomic E-state index is 11.9. The molecule has 21 heavy (non-hydrogen) atoms. The van der Waals surface area contributed by atoms with Gasteiger partial charge in [0.05, 0.1) is 17.2 Å². The normalized spacial score (nSPS) is 14.9. The van der Waals surface area contributed by atoms with Crippen LogP contribution in [-0.4, -0.2) is 41.6 Å². The van der Waals surface area contributed by atoms with Gasteiger partial charge in [0.25, 0.3) is 0 Å². The molecule has 0 radical (unpaired) electrons. The molecule has 1 heterocycles. The van der Waals surface area contributed by atoms with Crippen LogP contribution in [0.3, 0.4) is 0 Å². The topological polar surface area (TPSA) is 79.2 Å². The molecular weight excluding hydrogens is 292 g/mol. The molecule has 0 fully saturated rings. The molecule has 1 aliphatic heterocycles. The lowest BCUT2D eigenvalue weighted by molar-refractivity contribution is -0.142. The number of hydrogen-bond donors (Lipinski definition) is 1. The second kappa shape index (κ2) is 6.62. The minimum atomic E-state index is -1.07. The number of nitrogens with zero attached hydrogens (tertiary/aromatic N) is 2. The maximum Gasteiger partial charge on any atom is 0.344 e. The van der Waals surface area contributed by atoms with Crippen molar-refractivity contribution in [1.29, 1.82) is 0 Å². The monoisotopic (exact) mass is 308 g/mol. The highest BCUT2D eigenvalue weighted by Crippen LogP contribution is 2.35. The Morgan fingerprint density at radius 3 is 2.95 bits per heavy atom. The summed E-state index contributed by atoms with van der Waals surface area (Å²) in [7, 11) is 0. The zero-order valence-corrected chi connectivity index (χ0v) is 12.6. The molecule has 112 valence electrons. The summed E-state index contributed by atoms with van der Waals surface area (Å²) in [5.74, 6) is -0.533. The largest absolute Gasteiger partial charge is 0.479 e. The summed E-state index contributed by atoms with van der Waals surface area (Å²) in [6.45, 7) is 3.80. The van der Waals surface area contributed by atoms with Gasteiger partial charge in [-0.1, -0.05) is 11.2 Å². The first kappa shape index (κ1) is 15.4. The molecule has 0 spiro atoms. The zero-order chi connectivity index (χ0) is 15.4. The number of fused-ring (bicyclic) bond motifs is 1. The Labute approximate surface area is 126 Å². The molecule has 0 saturated heterocycles. The second-order valence-electron chi connectivity index (χ2n) is 4.45. The van der Waals surface area contributed by atoms with E-state index in [1.54, 1.807) is 11.8 Å². The van der Waals surface area contributed by atoms with Gasteiger partial charge in [0.2, 0.25) is 12.5 Å². The third-order valence-electron chi connectivity index (χ3n) is 3.03. The predicted octanol–water partition coefficient (Wildman–Crippen LogP) is 1.97. The average molecular weight is 308 g/mol. The number of hydrogen-bond acceptors (Lipinski definition) is 5. The molecule has 2 rings (SSSR count). The van der Waals surface area contributed by atoms with Crippen molar-refractivity contribution in [1.82, 2.24) is 0 Å². The number of rotatable bonds is 5. The molecule has 1 amide bonds. The fourth-order valence-electron chi connectivity index (χ4n) is 2.01. The first-order chi connectivity index (χ1) is 10.0. The van der Waals surface area contributed by atoms with Crippen molar-refractivity contribution in [3.8, 4) is 0 Å². The van der Waals surface area contributed by atoms with Crippen molar-refractivity contribution in [3.05, 3.63) is 23.8 Å². The number of carbonyl (C=O) groups is 2. The van der Waals surface area contributed by atoms with E-state index in [9.17, 15) is 9.59 Å². The Kier molecular flexibility index (Phi) is 4.85. The number of oxime groups is 1. The van der Waals surface area contributed by atoms with E-state index in [1.807, 2.05) is 25.1 Å². The van der Waals surface area contributed by atoms with Gasteiger partial charge in [-0.25, -0.2) is 4.79 Å². The molecule has 0 saturated carbocycles. The Morgan fingerprint density at radius 2 is 2.29 bits per heavy atom. The van der Waals surface area contributed by atoms with Gasteiger partial charge in [0, 0.05) is 17.0 Å².